The second kappa shape index (κ2) is 4.20. The lowest BCUT2D eigenvalue weighted by atomic mass is 12.9. The van der Waals surface area contributed by atoms with Crippen LogP contribution in [0.1, 0.15) is 0 Å². The van der Waals surface area contributed by atoms with E-state index < -0.39 is 10.2 Å². The Bertz CT molecular complexity index is 86.6. The summed E-state index contributed by atoms with van der Waals surface area (Å²) in [6.07, 6.45) is 0. The van der Waals surface area contributed by atoms with Crippen LogP contribution in [0.3, 0.4) is 0 Å². The molecule has 7 nitrogen and oxygen atoms in total. The highest BCUT2D eigenvalue weighted by Gasteiger charge is 2.05. The SMILES string of the molecule is O=[N+]([O-])O[N+](=O)[O-].[P]. The molecular formula is N2O5P. The fraction of sp³-hybridized carbons (Fsp3) is 0. The largest absolute Gasteiger partial charge is 0.356 e. The Morgan fingerprint density at radius 1 is 1.12 bits per heavy atom. The van der Waals surface area contributed by atoms with Crippen molar-refractivity contribution in [3.63, 3.8) is 0 Å². The van der Waals surface area contributed by atoms with Crippen LogP contribution in [0.5, 0.6) is 0 Å². The van der Waals surface area contributed by atoms with Gasteiger partial charge in [0.1, 0.15) is 0 Å². The Kier molecular flexibility index (Phi) is 5.30. The van der Waals surface area contributed by atoms with Crippen LogP contribution in [0.4, 0.5) is 0 Å². The maximum Gasteiger partial charge on any atom is 0.356 e. The topological polar surface area (TPSA) is 95.5 Å². The lowest BCUT2D eigenvalue weighted by Crippen LogP contribution is -2.06. The predicted octanol–water partition coefficient (Wildman–Crippen LogP) is 0.248. The molecule has 8 heteroatoms. The quantitative estimate of drug-likeness (QED) is 0.310. The van der Waals surface area contributed by atoms with Gasteiger partial charge in [0.25, 0.3) is 0 Å². The summed E-state index contributed by atoms with van der Waals surface area (Å²) in [5.41, 5.74) is 0. The summed E-state index contributed by atoms with van der Waals surface area (Å²) in [5.74, 6) is 0. The standard InChI is InChI=1S/N2O5.P/c3-1(4)7-2(5)6;. The summed E-state index contributed by atoms with van der Waals surface area (Å²) >= 11 is 0. The van der Waals surface area contributed by atoms with Crippen molar-refractivity contribution in [3.05, 3.63) is 20.2 Å². The molecule has 0 aromatic rings. The molecule has 0 rings (SSSR count). The van der Waals surface area contributed by atoms with Gasteiger partial charge in [0.05, 0.1) is 0 Å². The fourth-order valence-electron chi connectivity index (χ4n) is 0.0544. The van der Waals surface area contributed by atoms with Crippen molar-refractivity contribution in [2.24, 2.45) is 0 Å². The molecule has 0 saturated carbocycles. The van der Waals surface area contributed by atoms with E-state index in [2.05, 4.69) is 4.94 Å². The first-order chi connectivity index (χ1) is 3.13. The highest BCUT2D eigenvalue weighted by Crippen LogP contribution is 1.70. The van der Waals surface area contributed by atoms with Crippen molar-refractivity contribution >= 4 is 9.90 Å². The molecule has 0 heterocycles. The van der Waals surface area contributed by atoms with Gasteiger partial charge in [0.15, 0.2) is 0 Å². The summed E-state index contributed by atoms with van der Waals surface area (Å²) in [5, 5.41) is 14.9. The van der Waals surface area contributed by atoms with Gasteiger partial charge in [-0.1, -0.05) is 0 Å². The van der Waals surface area contributed by atoms with E-state index >= 15 is 0 Å². The first kappa shape index (κ1) is 10.1. The van der Waals surface area contributed by atoms with E-state index in [0.29, 0.717) is 0 Å². The average molecular weight is 139 g/mol. The third-order valence-electron chi connectivity index (χ3n) is 0.133. The molecule has 0 aromatic carbocycles. The smallest absolute Gasteiger partial charge is 0.105 e. The zero-order valence-electron chi connectivity index (χ0n) is 3.38. The van der Waals surface area contributed by atoms with Crippen LogP contribution >= 0.6 is 9.90 Å². The van der Waals surface area contributed by atoms with Crippen molar-refractivity contribution in [2.45, 2.75) is 0 Å². The summed E-state index contributed by atoms with van der Waals surface area (Å²) in [7, 11) is 0. The summed E-state index contributed by atoms with van der Waals surface area (Å²) in [6, 6.07) is 0. The normalized spacial score (nSPS) is 6.50. The van der Waals surface area contributed by atoms with Gasteiger partial charge < -0.3 is 0 Å². The third kappa shape index (κ3) is 8.90. The molecule has 3 radical (unpaired) electrons. The first-order valence-corrected chi connectivity index (χ1v) is 1.10. The van der Waals surface area contributed by atoms with Crippen molar-refractivity contribution < 1.29 is 15.1 Å². The van der Waals surface area contributed by atoms with Gasteiger partial charge >= 0.3 is 10.2 Å². The Balaban J connectivity index is 0. The predicted molar refractivity (Wildman–Crippen MR) is 22.0 cm³/mol. The Morgan fingerprint density at radius 2 is 1.38 bits per heavy atom. The number of hydrogen-bond donors (Lipinski definition) is 0. The van der Waals surface area contributed by atoms with Crippen LogP contribution in [-0.2, 0) is 4.94 Å². The van der Waals surface area contributed by atoms with Gasteiger partial charge in [-0.05, 0) is 0 Å². The molecule has 0 fully saturated rings. The van der Waals surface area contributed by atoms with Crippen LogP contribution in [-0.4, -0.2) is 10.2 Å². The van der Waals surface area contributed by atoms with E-state index in [-0.39, 0.29) is 9.90 Å². The molecule has 0 aromatic heterocycles. The number of hydrogen-bond acceptors (Lipinski definition) is 5. The van der Waals surface area contributed by atoms with Gasteiger partial charge in [0.2, 0.25) is 0 Å². The van der Waals surface area contributed by atoms with Gasteiger partial charge in [0, 0.05) is 14.8 Å². The Hall–Kier alpha value is -0.970. The molecule has 0 aliphatic heterocycles. The van der Waals surface area contributed by atoms with Crippen molar-refractivity contribution in [2.75, 3.05) is 0 Å². The fourth-order valence-corrected chi connectivity index (χ4v) is 0.0544. The summed E-state index contributed by atoms with van der Waals surface area (Å²) in [4.78, 5) is 20.6. The molecule has 0 spiro atoms. The van der Waals surface area contributed by atoms with E-state index in [1.807, 2.05) is 0 Å². The number of nitrogens with zero attached hydrogens (tertiary/aromatic N) is 2. The van der Waals surface area contributed by atoms with E-state index in [1.54, 1.807) is 0 Å². The third-order valence-corrected chi connectivity index (χ3v) is 0.133. The van der Waals surface area contributed by atoms with Gasteiger partial charge in [-0.15, -0.1) is 20.2 Å². The molecule has 0 aliphatic rings. The maximum absolute atomic E-state index is 8.95. The van der Waals surface area contributed by atoms with Gasteiger partial charge in [-0.2, -0.15) is 0 Å². The van der Waals surface area contributed by atoms with Crippen LogP contribution in [0, 0.1) is 20.2 Å². The monoisotopic (exact) mass is 139 g/mol. The minimum Gasteiger partial charge on any atom is -0.105 e. The lowest BCUT2D eigenvalue weighted by molar-refractivity contribution is -1.03. The lowest BCUT2D eigenvalue weighted by Gasteiger charge is -1.71. The highest BCUT2D eigenvalue weighted by molar-refractivity contribution is 6.92. The van der Waals surface area contributed by atoms with E-state index in [1.165, 1.54) is 0 Å². The van der Waals surface area contributed by atoms with Crippen LogP contribution in [0.15, 0.2) is 0 Å². The molecule has 0 bridgehead atoms. The molecule has 0 saturated heterocycles. The molecule has 0 amide bonds. The van der Waals surface area contributed by atoms with Gasteiger partial charge in [-0.25, -0.2) is 0 Å². The molecule has 0 atom stereocenters. The highest BCUT2D eigenvalue weighted by atomic mass is 31.0. The van der Waals surface area contributed by atoms with Crippen molar-refractivity contribution in [1.29, 1.82) is 0 Å². The molecule has 45 valence electrons. The summed E-state index contributed by atoms with van der Waals surface area (Å²) < 4.78 is 0. The Morgan fingerprint density at radius 3 is 1.38 bits per heavy atom. The Labute approximate surface area is 46.5 Å². The molecule has 0 N–H and O–H groups in total. The minimum atomic E-state index is -1.50. The zero-order chi connectivity index (χ0) is 5.86. The second-order valence-electron chi connectivity index (χ2n) is 0.529. The van der Waals surface area contributed by atoms with Crippen molar-refractivity contribution in [1.82, 2.24) is 0 Å². The maximum atomic E-state index is 8.95. The molecular weight excluding hydrogens is 139 g/mol. The molecule has 0 unspecified atom stereocenters. The van der Waals surface area contributed by atoms with Crippen LogP contribution in [0.2, 0.25) is 0 Å². The average Bonchev–Trinajstić information content (AvgIpc) is 1.27. The second-order valence-corrected chi connectivity index (χ2v) is 0.529. The minimum absolute atomic E-state index is 0. The summed E-state index contributed by atoms with van der Waals surface area (Å²) in [6.45, 7) is 0. The molecule has 0 aliphatic carbocycles. The van der Waals surface area contributed by atoms with E-state index in [9.17, 15) is 0 Å². The van der Waals surface area contributed by atoms with E-state index in [0.717, 1.165) is 0 Å². The van der Waals surface area contributed by atoms with Crippen LogP contribution in [0.25, 0.3) is 0 Å². The number of rotatable bonds is 2. The van der Waals surface area contributed by atoms with Gasteiger partial charge in [-0.3, -0.25) is 0 Å². The zero-order valence-corrected chi connectivity index (χ0v) is 4.28. The first-order valence-electron chi connectivity index (χ1n) is 1.10. The van der Waals surface area contributed by atoms with E-state index in [4.69, 9.17) is 20.2 Å². The molecule has 8 heavy (non-hydrogen) atoms. The van der Waals surface area contributed by atoms with Crippen LogP contribution < -0.4 is 0 Å². The van der Waals surface area contributed by atoms with Crippen molar-refractivity contribution in [3.8, 4) is 0 Å².